The van der Waals surface area contributed by atoms with Crippen LogP contribution in [0.4, 0.5) is 34.1 Å². The van der Waals surface area contributed by atoms with Gasteiger partial charge in [0.2, 0.25) is 0 Å². The Labute approximate surface area is 276 Å². The molecule has 0 saturated carbocycles. The van der Waals surface area contributed by atoms with Crippen LogP contribution in [0.5, 0.6) is 0 Å². The Balaban J connectivity index is 1.05. The Morgan fingerprint density at radius 1 is 0.304 bits per heavy atom. The molecule has 8 aromatic rings. The third kappa shape index (κ3) is 5.56. The van der Waals surface area contributed by atoms with Crippen molar-refractivity contribution < 1.29 is 0 Å². The van der Waals surface area contributed by atoms with Crippen LogP contribution in [0, 0.1) is 0 Å². The van der Waals surface area contributed by atoms with Gasteiger partial charge in [-0.25, -0.2) is 9.97 Å². The minimum absolute atomic E-state index is 0.966. The van der Waals surface area contributed by atoms with Crippen LogP contribution < -0.4 is 9.80 Å². The first-order valence-corrected chi connectivity index (χ1v) is 16.7. The zero-order valence-electron chi connectivity index (χ0n) is 24.8. The van der Waals surface area contributed by atoms with Gasteiger partial charge in [-0.1, -0.05) is 95.5 Å². The molecule has 8 rings (SSSR count). The van der Waals surface area contributed by atoms with E-state index in [2.05, 4.69) is 155 Å². The van der Waals surface area contributed by atoms with Crippen LogP contribution in [-0.4, -0.2) is 9.97 Å². The molecule has 0 amide bonds. The maximum Gasteiger partial charge on any atom is 0.155 e. The molecule has 4 nitrogen and oxygen atoms in total. The molecule has 0 radical (unpaired) electrons. The van der Waals surface area contributed by atoms with Crippen molar-refractivity contribution in [2.75, 3.05) is 9.80 Å². The van der Waals surface area contributed by atoms with Gasteiger partial charge < -0.3 is 9.80 Å². The summed E-state index contributed by atoms with van der Waals surface area (Å²) in [7, 11) is 0. The average Bonchev–Trinajstić information content (AvgIpc) is 3.72. The van der Waals surface area contributed by atoms with E-state index in [-0.39, 0.29) is 0 Å². The molecular formula is C40H28N4S2. The van der Waals surface area contributed by atoms with E-state index in [4.69, 9.17) is 9.97 Å². The van der Waals surface area contributed by atoms with Gasteiger partial charge >= 0.3 is 0 Å². The predicted molar refractivity (Wildman–Crippen MR) is 196 cm³/mol. The van der Waals surface area contributed by atoms with E-state index in [0.29, 0.717) is 0 Å². The quantitative estimate of drug-likeness (QED) is 0.168. The Hall–Kier alpha value is -5.56. The lowest BCUT2D eigenvalue weighted by molar-refractivity contribution is 1.28. The van der Waals surface area contributed by atoms with Gasteiger partial charge in [-0.15, -0.1) is 0 Å². The highest BCUT2D eigenvalue weighted by Gasteiger charge is 2.17. The standard InChI is InChI=1S/C40H28N4S2/c1-5-13-31(14-6-1)43(32-15-7-2-8-16-32)35-25-21-29(22-26-35)37-41-39-40(45-37)42-38(46-39)30-23-27-36(28-24-30)44(33-17-9-3-10-18-33)34-19-11-4-12-20-34/h1-28H. The Bertz CT molecular complexity index is 1910. The lowest BCUT2D eigenvalue weighted by Crippen LogP contribution is -2.09. The molecular weight excluding hydrogens is 601 g/mol. The predicted octanol–water partition coefficient (Wildman–Crippen LogP) is 12.0. The number of fused-ring (bicyclic) bond motifs is 1. The van der Waals surface area contributed by atoms with E-state index >= 15 is 0 Å². The van der Waals surface area contributed by atoms with Gasteiger partial charge in [0.05, 0.1) is 0 Å². The smallest absolute Gasteiger partial charge is 0.155 e. The molecule has 0 spiro atoms. The second-order valence-corrected chi connectivity index (χ2v) is 12.7. The Kier molecular flexibility index (Phi) is 7.56. The first kappa shape index (κ1) is 28.0. The monoisotopic (exact) mass is 628 g/mol. The fraction of sp³-hybridized carbons (Fsp3) is 0. The van der Waals surface area contributed by atoms with E-state index < -0.39 is 0 Å². The van der Waals surface area contributed by atoms with Crippen LogP contribution in [0.25, 0.3) is 30.8 Å². The topological polar surface area (TPSA) is 32.3 Å². The average molecular weight is 629 g/mol. The normalized spacial score (nSPS) is 11.0. The van der Waals surface area contributed by atoms with Gasteiger partial charge in [0, 0.05) is 45.3 Å². The third-order valence-electron chi connectivity index (χ3n) is 7.78. The maximum atomic E-state index is 5.00. The summed E-state index contributed by atoms with van der Waals surface area (Å²) in [5.41, 5.74) is 8.86. The molecule has 2 heterocycles. The summed E-state index contributed by atoms with van der Waals surface area (Å²) in [5.74, 6) is 0. The summed E-state index contributed by atoms with van der Waals surface area (Å²) in [6.45, 7) is 0. The number of hydrogen-bond acceptors (Lipinski definition) is 6. The fourth-order valence-electron chi connectivity index (χ4n) is 5.60. The molecule has 0 N–H and O–H groups in total. The van der Waals surface area contributed by atoms with Crippen molar-refractivity contribution in [3.8, 4) is 21.1 Å². The molecule has 0 aliphatic carbocycles. The van der Waals surface area contributed by atoms with Crippen LogP contribution in [-0.2, 0) is 0 Å². The highest BCUT2D eigenvalue weighted by Crippen LogP contribution is 2.40. The molecule has 0 saturated heterocycles. The molecule has 0 unspecified atom stereocenters. The van der Waals surface area contributed by atoms with E-state index in [9.17, 15) is 0 Å². The van der Waals surface area contributed by atoms with Crippen LogP contribution >= 0.6 is 22.7 Å². The summed E-state index contributed by atoms with van der Waals surface area (Å²) in [5, 5.41) is 1.96. The SMILES string of the molecule is c1ccc(N(c2ccccc2)c2ccc(-c3nc4sc(-c5ccc(N(c6ccccc6)c6ccccc6)cc5)nc4s3)cc2)cc1. The lowest BCUT2D eigenvalue weighted by Gasteiger charge is -2.25. The minimum Gasteiger partial charge on any atom is -0.311 e. The van der Waals surface area contributed by atoms with Gasteiger partial charge in [0.15, 0.2) is 9.66 Å². The number of thiazole rings is 2. The van der Waals surface area contributed by atoms with Gasteiger partial charge in [0.25, 0.3) is 0 Å². The van der Waals surface area contributed by atoms with Crippen molar-refractivity contribution in [1.29, 1.82) is 0 Å². The summed E-state index contributed by atoms with van der Waals surface area (Å²) >= 11 is 3.28. The van der Waals surface area contributed by atoms with Crippen molar-refractivity contribution in [1.82, 2.24) is 9.97 Å². The molecule has 0 aliphatic heterocycles. The van der Waals surface area contributed by atoms with E-state index in [1.54, 1.807) is 22.7 Å². The third-order valence-corrected chi connectivity index (χ3v) is 9.90. The largest absolute Gasteiger partial charge is 0.311 e. The van der Waals surface area contributed by atoms with Crippen LogP contribution in [0.3, 0.4) is 0 Å². The van der Waals surface area contributed by atoms with Gasteiger partial charge in [-0.2, -0.15) is 0 Å². The number of anilines is 6. The molecule has 6 heteroatoms. The van der Waals surface area contributed by atoms with E-state index in [0.717, 1.165) is 64.9 Å². The zero-order chi connectivity index (χ0) is 30.7. The molecule has 0 atom stereocenters. The summed E-state index contributed by atoms with van der Waals surface area (Å²) in [6, 6.07) is 59.1. The number of hydrogen-bond donors (Lipinski definition) is 0. The number of benzene rings is 6. The number of nitrogens with zero attached hydrogens (tertiary/aromatic N) is 4. The molecule has 220 valence electrons. The zero-order valence-corrected chi connectivity index (χ0v) is 26.4. The summed E-state index contributed by atoms with van der Waals surface area (Å²) < 4.78 is 0. The highest BCUT2D eigenvalue weighted by molar-refractivity contribution is 7.29. The van der Waals surface area contributed by atoms with Crippen molar-refractivity contribution >= 4 is 66.5 Å². The summed E-state index contributed by atoms with van der Waals surface area (Å²) in [6.07, 6.45) is 0. The Morgan fingerprint density at radius 3 is 0.848 bits per heavy atom. The van der Waals surface area contributed by atoms with Gasteiger partial charge in [-0.3, -0.25) is 0 Å². The van der Waals surface area contributed by atoms with Crippen molar-refractivity contribution in [2.45, 2.75) is 0 Å². The molecule has 0 aliphatic rings. The summed E-state index contributed by atoms with van der Waals surface area (Å²) in [4.78, 5) is 16.5. The van der Waals surface area contributed by atoms with Crippen LogP contribution in [0.2, 0.25) is 0 Å². The van der Waals surface area contributed by atoms with Crippen molar-refractivity contribution in [3.05, 3.63) is 170 Å². The molecule has 6 aromatic carbocycles. The van der Waals surface area contributed by atoms with Gasteiger partial charge in [-0.05, 0) is 97.1 Å². The fourth-order valence-corrected chi connectivity index (χ4v) is 7.65. The van der Waals surface area contributed by atoms with E-state index in [1.165, 1.54) is 0 Å². The minimum atomic E-state index is 0.966. The Morgan fingerprint density at radius 2 is 0.565 bits per heavy atom. The number of para-hydroxylation sites is 4. The van der Waals surface area contributed by atoms with Crippen LogP contribution in [0.1, 0.15) is 0 Å². The van der Waals surface area contributed by atoms with Crippen LogP contribution in [0.15, 0.2) is 170 Å². The number of rotatable bonds is 8. The highest BCUT2D eigenvalue weighted by atomic mass is 32.1. The first-order valence-electron chi connectivity index (χ1n) is 15.1. The maximum absolute atomic E-state index is 5.00. The number of aromatic nitrogens is 2. The first-order chi connectivity index (χ1) is 22.8. The molecule has 46 heavy (non-hydrogen) atoms. The molecule has 2 aromatic heterocycles. The van der Waals surface area contributed by atoms with Gasteiger partial charge in [0.1, 0.15) is 10.0 Å². The second-order valence-electron chi connectivity index (χ2n) is 10.8. The molecule has 0 bridgehead atoms. The second kappa shape index (κ2) is 12.4. The van der Waals surface area contributed by atoms with E-state index in [1.807, 2.05) is 24.3 Å². The lowest BCUT2D eigenvalue weighted by atomic mass is 10.1. The molecule has 0 fully saturated rings. The van der Waals surface area contributed by atoms with Crippen molar-refractivity contribution in [2.24, 2.45) is 0 Å². The van der Waals surface area contributed by atoms with Crippen molar-refractivity contribution in [3.63, 3.8) is 0 Å².